The van der Waals surface area contributed by atoms with Crippen LogP contribution in [0.1, 0.15) is 31.1 Å². The summed E-state index contributed by atoms with van der Waals surface area (Å²) in [5.74, 6) is 1.01. The molecule has 82 valence electrons. The number of aliphatic hydroxyl groups excluding tert-OH is 1. The number of hydrogen-bond donors (Lipinski definition) is 1. The normalized spacial score (nSPS) is 23.6. The van der Waals surface area contributed by atoms with Crippen molar-refractivity contribution in [3.05, 3.63) is 29.3 Å². The lowest BCUT2D eigenvalue weighted by molar-refractivity contribution is 0.141. The van der Waals surface area contributed by atoms with E-state index in [0.29, 0.717) is 0 Å². The van der Waals surface area contributed by atoms with E-state index in [1.165, 1.54) is 10.5 Å². The maximum Gasteiger partial charge on any atom is 0.0934 e. The molecule has 0 radical (unpaired) electrons. The fourth-order valence-corrected chi connectivity index (χ4v) is 3.33. The number of aliphatic hydroxyl groups is 1. The van der Waals surface area contributed by atoms with E-state index in [1.807, 2.05) is 11.8 Å². The van der Waals surface area contributed by atoms with E-state index < -0.39 is 0 Å². The smallest absolute Gasteiger partial charge is 0.0934 e. The number of fused-ring (bicyclic) bond motifs is 1. The maximum atomic E-state index is 10.3. The van der Waals surface area contributed by atoms with Gasteiger partial charge in [0.2, 0.25) is 0 Å². The molecule has 2 rings (SSSR count). The molecule has 3 heteroatoms. The fraction of sp³-hybridized carbons (Fsp3) is 0.500. The first-order valence-electron chi connectivity index (χ1n) is 5.03. The first-order chi connectivity index (χ1) is 7.04. The van der Waals surface area contributed by atoms with Crippen molar-refractivity contribution in [3.8, 4) is 0 Å². The molecule has 1 aromatic rings. The summed E-state index contributed by atoms with van der Waals surface area (Å²) in [5, 5.41) is 10.3. The van der Waals surface area contributed by atoms with Crippen LogP contribution in [0.3, 0.4) is 0 Å². The Morgan fingerprint density at radius 2 is 2.20 bits per heavy atom. The fourth-order valence-electron chi connectivity index (χ4n) is 1.80. The molecular weight excluding hydrogens is 224 g/mol. The molecule has 15 heavy (non-hydrogen) atoms. The Bertz CT molecular complexity index is 374. The van der Waals surface area contributed by atoms with Crippen LogP contribution in [-0.4, -0.2) is 16.1 Å². The SMILES string of the molecule is CSc1ccc2c(c1)C(O)C(C)(C)SC2. The van der Waals surface area contributed by atoms with Gasteiger partial charge in [-0.1, -0.05) is 6.07 Å². The van der Waals surface area contributed by atoms with Gasteiger partial charge in [0.1, 0.15) is 0 Å². The third kappa shape index (κ3) is 2.05. The average Bonchev–Trinajstić information content (AvgIpc) is 2.24. The Labute approximate surface area is 99.7 Å². The van der Waals surface area contributed by atoms with Gasteiger partial charge in [-0.25, -0.2) is 0 Å². The summed E-state index contributed by atoms with van der Waals surface area (Å²) in [4.78, 5) is 1.23. The van der Waals surface area contributed by atoms with Crippen molar-refractivity contribution in [3.63, 3.8) is 0 Å². The molecule has 0 saturated carbocycles. The highest BCUT2D eigenvalue weighted by atomic mass is 32.2. The maximum absolute atomic E-state index is 10.3. The minimum absolute atomic E-state index is 0.0654. The zero-order valence-electron chi connectivity index (χ0n) is 9.28. The lowest BCUT2D eigenvalue weighted by Gasteiger charge is -2.36. The number of benzene rings is 1. The van der Waals surface area contributed by atoms with Crippen molar-refractivity contribution >= 4 is 23.5 Å². The van der Waals surface area contributed by atoms with Crippen molar-refractivity contribution in [2.75, 3.05) is 6.26 Å². The second kappa shape index (κ2) is 4.04. The van der Waals surface area contributed by atoms with Crippen LogP contribution in [0.2, 0.25) is 0 Å². The quantitative estimate of drug-likeness (QED) is 0.759. The summed E-state index contributed by atoms with van der Waals surface area (Å²) in [6.07, 6.45) is 1.72. The summed E-state index contributed by atoms with van der Waals surface area (Å²) in [7, 11) is 0. The van der Waals surface area contributed by atoms with Gasteiger partial charge in [0.15, 0.2) is 0 Å². The standard InChI is InChI=1S/C12H16OS2/c1-12(2)11(13)10-6-9(14-3)5-4-8(10)7-15-12/h4-6,11,13H,7H2,1-3H3. The van der Waals surface area contributed by atoms with Crippen LogP contribution in [0.4, 0.5) is 0 Å². The van der Waals surface area contributed by atoms with Crippen molar-refractivity contribution < 1.29 is 5.11 Å². The summed E-state index contributed by atoms with van der Waals surface area (Å²) < 4.78 is -0.0654. The van der Waals surface area contributed by atoms with Gasteiger partial charge in [0, 0.05) is 15.4 Å². The second-order valence-electron chi connectivity index (χ2n) is 4.36. The molecule has 1 unspecified atom stereocenters. The highest BCUT2D eigenvalue weighted by Crippen LogP contribution is 2.46. The van der Waals surface area contributed by atoms with Gasteiger partial charge in [-0.15, -0.1) is 23.5 Å². The highest BCUT2D eigenvalue weighted by molar-refractivity contribution is 8.00. The Morgan fingerprint density at radius 3 is 2.87 bits per heavy atom. The first-order valence-corrected chi connectivity index (χ1v) is 7.24. The molecule has 0 fully saturated rings. The minimum atomic E-state index is -0.349. The molecule has 1 N–H and O–H groups in total. The van der Waals surface area contributed by atoms with Gasteiger partial charge in [-0.05, 0) is 43.4 Å². The van der Waals surface area contributed by atoms with E-state index in [1.54, 1.807) is 11.8 Å². The van der Waals surface area contributed by atoms with Gasteiger partial charge in [0.05, 0.1) is 6.10 Å². The van der Waals surface area contributed by atoms with Crippen LogP contribution in [0.5, 0.6) is 0 Å². The van der Waals surface area contributed by atoms with Gasteiger partial charge < -0.3 is 5.11 Å². The molecular formula is C12H16OS2. The molecule has 1 aliphatic heterocycles. The number of thioether (sulfide) groups is 2. The third-order valence-corrected chi connectivity index (χ3v) is 5.05. The summed E-state index contributed by atoms with van der Waals surface area (Å²) >= 11 is 3.55. The van der Waals surface area contributed by atoms with Crippen LogP contribution in [0, 0.1) is 0 Å². The molecule has 0 saturated heterocycles. The van der Waals surface area contributed by atoms with Crippen molar-refractivity contribution in [1.29, 1.82) is 0 Å². The first kappa shape index (κ1) is 11.4. The molecule has 0 bridgehead atoms. The van der Waals surface area contributed by atoms with Gasteiger partial charge in [0.25, 0.3) is 0 Å². The topological polar surface area (TPSA) is 20.2 Å². The van der Waals surface area contributed by atoms with Gasteiger partial charge in [-0.3, -0.25) is 0 Å². The van der Waals surface area contributed by atoms with E-state index in [0.717, 1.165) is 11.3 Å². The largest absolute Gasteiger partial charge is 0.387 e. The summed E-state index contributed by atoms with van der Waals surface area (Å²) in [5.41, 5.74) is 2.40. The van der Waals surface area contributed by atoms with E-state index >= 15 is 0 Å². The minimum Gasteiger partial charge on any atom is -0.387 e. The zero-order valence-corrected chi connectivity index (χ0v) is 10.9. The van der Waals surface area contributed by atoms with Gasteiger partial charge >= 0.3 is 0 Å². The molecule has 0 aromatic heterocycles. The lowest BCUT2D eigenvalue weighted by atomic mass is 9.94. The molecule has 0 spiro atoms. The monoisotopic (exact) mass is 240 g/mol. The predicted octanol–water partition coefficient (Wildman–Crippen LogP) is 3.47. The molecule has 1 aromatic carbocycles. The Kier molecular flexibility index (Phi) is 3.06. The van der Waals surface area contributed by atoms with Crippen LogP contribution in [-0.2, 0) is 5.75 Å². The van der Waals surface area contributed by atoms with E-state index in [9.17, 15) is 5.11 Å². The number of rotatable bonds is 1. The van der Waals surface area contributed by atoms with Crippen molar-refractivity contribution in [1.82, 2.24) is 0 Å². The van der Waals surface area contributed by atoms with Crippen LogP contribution < -0.4 is 0 Å². The second-order valence-corrected chi connectivity index (χ2v) is 6.87. The third-order valence-electron chi connectivity index (χ3n) is 2.91. The molecule has 0 amide bonds. The van der Waals surface area contributed by atoms with Crippen LogP contribution in [0.15, 0.2) is 23.1 Å². The lowest BCUT2D eigenvalue weighted by Crippen LogP contribution is -2.29. The molecule has 1 heterocycles. The van der Waals surface area contributed by atoms with E-state index in [-0.39, 0.29) is 10.9 Å². The van der Waals surface area contributed by atoms with Crippen molar-refractivity contribution in [2.45, 2.75) is 35.3 Å². The van der Waals surface area contributed by atoms with E-state index in [2.05, 4.69) is 38.3 Å². The molecule has 1 atom stereocenters. The summed E-state index contributed by atoms with van der Waals surface area (Å²) in [6, 6.07) is 6.41. The van der Waals surface area contributed by atoms with E-state index in [4.69, 9.17) is 0 Å². The van der Waals surface area contributed by atoms with Gasteiger partial charge in [-0.2, -0.15) is 0 Å². The molecule has 0 aliphatic carbocycles. The van der Waals surface area contributed by atoms with Crippen LogP contribution in [0.25, 0.3) is 0 Å². The number of hydrogen-bond acceptors (Lipinski definition) is 3. The Hall–Kier alpha value is -0.120. The molecule has 1 nitrogen and oxygen atoms in total. The van der Waals surface area contributed by atoms with Crippen molar-refractivity contribution in [2.24, 2.45) is 0 Å². The predicted molar refractivity (Wildman–Crippen MR) is 68.6 cm³/mol. The Morgan fingerprint density at radius 1 is 1.47 bits per heavy atom. The zero-order chi connectivity index (χ0) is 11.1. The average molecular weight is 240 g/mol. The molecule has 1 aliphatic rings. The highest BCUT2D eigenvalue weighted by Gasteiger charge is 2.35. The Balaban J connectivity index is 2.44. The summed E-state index contributed by atoms with van der Waals surface area (Å²) in [6.45, 7) is 4.22. The van der Waals surface area contributed by atoms with Crippen LogP contribution >= 0.6 is 23.5 Å².